The van der Waals surface area contributed by atoms with E-state index < -0.39 is 11.2 Å². The van der Waals surface area contributed by atoms with Crippen molar-refractivity contribution in [1.82, 2.24) is 0 Å². The van der Waals surface area contributed by atoms with Crippen LogP contribution in [0.5, 0.6) is 0 Å². The van der Waals surface area contributed by atoms with Crippen LogP contribution in [-0.4, -0.2) is 23.8 Å². The van der Waals surface area contributed by atoms with Crippen LogP contribution in [0.2, 0.25) is 0 Å². The topological polar surface area (TPSA) is 29.5 Å². The van der Waals surface area contributed by atoms with Crippen molar-refractivity contribution in [3.8, 4) is 22.3 Å². The Balaban J connectivity index is 1.72. The van der Waals surface area contributed by atoms with Crippen molar-refractivity contribution in [1.29, 1.82) is 0 Å². The third-order valence-electron chi connectivity index (χ3n) is 7.35. The Hall–Kier alpha value is -3.40. The second-order valence-electron chi connectivity index (χ2n) is 10.2. The van der Waals surface area contributed by atoms with E-state index in [4.69, 9.17) is 4.65 Å². The van der Waals surface area contributed by atoms with Gasteiger partial charge in [0.2, 0.25) is 0 Å². The Morgan fingerprint density at radius 3 is 1.63 bits per heavy atom. The van der Waals surface area contributed by atoms with Crippen molar-refractivity contribution in [2.75, 3.05) is 0 Å². The van der Waals surface area contributed by atoms with Crippen LogP contribution in [0.25, 0.3) is 43.8 Å². The molecule has 0 bridgehead atoms. The lowest BCUT2D eigenvalue weighted by molar-refractivity contribution is -0.0892. The minimum atomic E-state index is -0.962. The molecule has 174 valence electrons. The molecule has 5 aromatic carbocycles. The fourth-order valence-corrected chi connectivity index (χ4v) is 4.60. The second-order valence-corrected chi connectivity index (χ2v) is 10.2. The molecule has 0 aliphatic carbocycles. The van der Waals surface area contributed by atoms with Gasteiger partial charge in [0.25, 0.3) is 0 Å². The lowest BCUT2D eigenvalue weighted by atomic mass is 9.75. The average molecular weight is 458 g/mol. The van der Waals surface area contributed by atoms with Crippen LogP contribution in [-0.2, 0) is 4.65 Å². The summed E-state index contributed by atoms with van der Waals surface area (Å²) in [5.74, 6) is 0. The summed E-state index contributed by atoms with van der Waals surface area (Å²) in [6.07, 6.45) is 0. The Bertz CT molecular complexity index is 1440. The van der Waals surface area contributed by atoms with Crippen LogP contribution in [0.1, 0.15) is 27.7 Å². The normalized spacial score (nSPS) is 12.3. The lowest BCUT2D eigenvalue weighted by Gasteiger charge is -2.37. The summed E-state index contributed by atoms with van der Waals surface area (Å²) in [6, 6.07) is 36.5. The molecule has 5 aromatic rings. The minimum absolute atomic E-state index is 0.419. The molecule has 1 N–H and O–H groups in total. The summed E-state index contributed by atoms with van der Waals surface area (Å²) in [5.41, 5.74) is 4.34. The van der Waals surface area contributed by atoms with Crippen LogP contribution < -0.4 is 5.46 Å². The number of fused-ring (bicyclic) bond motifs is 2. The lowest BCUT2D eigenvalue weighted by Crippen LogP contribution is -2.49. The Kier molecular flexibility index (Phi) is 6.00. The fraction of sp³-hybridized carbons (Fsp3) is 0.188. The predicted molar refractivity (Wildman–Crippen MR) is 151 cm³/mol. The Labute approximate surface area is 208 Å². The highest BCUT2D eigenvalue weighted by atomic mass is 16.5. The van der Waals surface area contributed by atoms with Gasteiger partial charge in [0.15, 0.2) is 0 Å². The van der Waals surface area contributed by atoms with E-state index in [0.717, 1.165) is 5.46 Å². The Morgan fingerprint density at radius 2 is 1.06 bits per heavy atom. The SMILES string of the molecule is CC(C)(O)C(C)(C)OBc1c2ccccc2c(-c2cccc(-c3ccccc3)c2)c2ccccc12. The molecule has 0 atom stereocenters. The summed E-state index contributed by atoms with van der Waals surface area (Å²) in [4.78, 5) is 0. The molecule has 0 fully saturated rings. The van der Waals surface area contributed by atoms with Crippen molar-refractivity contribution in [2.24, 2.45) is 0 Å². The first-order valence-electron chi connectivity index (χ1n) is 12.2. The molecule has 3 heteroatoms. The highest BCUT2D eigenvalue weighted by molar-refractivity contribution is 6.57. The summed E-state index contributed by atoms with van der Waals surface area (Å²) >= 11 is 0. The van der Waals surface area contributed by atoms with Crippen molar-refractivity contribution >= 4 is 34.5 Å². The van der Waals surface area contributed by atoms with E-state index in [-0.39, 0.29) is 0 Å². The van der Waals surface area contributed by atoms with Gasteiger partial charge in [-0.1, -0.05) is 97.1 Å². The largest absolute Gasteiger partial charge is 0.427 e. The molecule has 0 saturated heterocycles. The van der Waals surface area contributed by atoms with Gasteiger partial charge in [-0.15, -0.1) is 0 Å². The van der Waals surface area contributed by atoms with Gasteiger partial charge in [-0.05, 0) is 83.0 Å². The number of aliphatic hydroxyl groups is 1. The molecule has 0 spiro atoms. The quantitative estimate of drug-likeness (QED) is 0.222. The maximum absolute atomic E-state index is 10.6. The zero-order chi connectivity index (χ0) is 24.6. The number of hydrogen-bond acceptors (Lipinski definition) is 2. The molecule has 35 heavy (non-hydrogen) atoms. The van der Waals surface area contributed by atoms with Gasteiger partial charge in [-0.3, -0.25) is 0 Å². The van der Waals surface area contributed by atoms with Crippen LogP contribution in [0.3, 0.4) is 0 Å². The Morgan fingerprint density at radius 1 is 0.571 bits per heavy atom. The summed E-state index contributed by atoms with van der Waals surface area (Å²) in [6.45, 7) is 7.49. The molecule has 0 heterocycles. The maximum atomic E-state index is 10.6. The van der Waals surface area contributed by atoms with Gasteiger partial charge in [0.1, 0.15) is 0 Å². The molecule has 0 unspecified atom stereocenters. The molecule has 0 amide bonds. The van der Waals surface area contributed by atoms with E-state index >= 15 is 0 Å². The standard InChI is InChI=1S/C32H31BO2/c1-31(2,34)32(3,4)35-33-30-27-19-10-8-17-25(27)29(26-18-9-11-20-28(26)30)24-16-12-15-23(21-24)22-13-6-5-7-14-22/h5-21,33-34H,1-4H3. The fourth-order valence-electron chi connectivity index (χ4n) is 4.60. The van der Waals surface area contributed by atoms with Crippen molar-refractivity contribution in [3.05, 3.63) is 103 Å². The minimum Gasteiger partial charge on any atom is -0.427 e. The predicted octanol–water partition coefficient (Wildman–Crippen LogP) is 6.87. The van der Waals surface area contributed by atoms with E-state index in [2.05, 4.69) is 97.1 Å². The zero-order valence-electron chi connectivity index (χ0n) is 20.9. The second kappa shape index (κ2) is 9.00. The van der Waals surface area contributed by atoms with E-state index in [1.807, 2.05) is 19.9 Å². The van der Waals surface area contributed by atoms with Crippen molar-refractivity contribution < 1.29 is 9.76 Å². The van der Waals surface area contributed by atoms with E-state index in [1.165, 1.54) is 43.8 Å². The van der Waals surface area contributed by atoms with Gasteiger partial charge < -0.3 is 9.76 Å². The van der Waals surface area contributed by atoms with Crippen LogP contribution in [0.15, 0.2) is 103 Å². The molecule has 0 aromatic heterocycles. The first-order chi connectivity index (χ1) is 16.8. The average Bonchev–Trinajstić information content (AvgIpc) is 2.86. The van der Waals surface area contributed by atoms with Gasteiger partial charge in [-0.2, -0.15) is 0 Å². The van der Waals surface area contributed by atoms with Gasteiger partial charge in [0, 0.05) is 0 Å². The van der Waals surface area contributed by atoms with Gasteiger partial charge >= 0.3 is 7.48 Å². The third-order valence-corrected chi connectivity index (χ3v) is 7.35. The molecular formula is C32H31BO2. The number of benzene rings is 5. The summed E-state index contributed by atoms with van der Waals surface area (Å²) < 4.78 is 6.37. The van der Waals surface area contributed by atoms with E-state index in [0.29, 0.717) is 7.48 Å². The van der Waals surface area contributed by atoms with E-state index in [1.54, 1.807) is 13.8 Å². The van der Waals surface area contributed by atoms with Crippen LogP contribution in [0, 0.1) is 0 Å². The van der Waals surface area contributed by atoms with Crippen LogP contribution in [0.4, 0.5) is 0 Å². The monoisotopic (exact) mass is 458 g/mol. The van der Waals surface area contributed by atoms with Crippen molar-refractivity contribution in [2.45, 2.75) is 38.9 Å². The first kappa shape index (κ1) is 23.4. The smallest absolute Gasteiger partial charge is 0.310 e. The molecule has 0 radical (unpaired) electrons. The molecule has 0 aliphatic rings. The molecular weight excluding hydrogens is 427 g/mol. The number of hydrogen-bond donors (Lipinski definition) is 1. The molecule has 2 nitrogen and oxygen atoms in total. The molecule has 5 rings (SSSR count). The molecule has 0 aliphatic heterocycles. The van der Waals surface area contributed by atoms with Crippen LogP contribution >= 0.6 is 0 Å². The van der Waals surface area contributed by atoms with Crippen molar-refractivity contribution in [3.63, 3.8) is 0 Å². The maximum Gasteiger partial charge on any atom is 0.310 e. The summed E-state index contributed by atoms with van der Waals surface area (Å²) in [7, 11) is 0.419. The molecule has 0 saturated carbocycles. The van der Waals surface area contributed by atoms with Gasteiger partial charge in [-0.25, -0.2) is 0 Å². The van der Waals surface area contributed by atoms with E-state index in [9.17, 15) is 5.11 Å². The van der Waals surface area contributed by atoms with Gasteiger partial charge in [0.05, 0.1) is 11.2 Å². The summed E-state index contributed by atoms with van der Waals surface area (Å²) in [5, 5.41) is 15.4. The third kappa shape index (κ3) is 4.38. The first-order valence-corrected chi connectivity index (χ1v) is 12.2. The highest BCUT2D eigenvalue weighted by Crippen LogP contribution is 2.37. The highest BCUT2D eigenvalue weighted by Gasteiger charge is 2.36. The number of rotatable bonds is 6. The zero-order valence-corrected chi connectivity index (χ0v) is 20.9.